The number of nitrogens with zero attached hydrogens (tertiary/aromatic N) is 2. The van der Waals surface area contributed by atoms with Crippen molar-refractivity contribution in [1.82, 2.24) is 20.5 Å². The summed E-state index contributed by atoms with van der Waals surface area (Å²) >= 11 is 1.67. The number of aldehydes is 1. The van der Waals surface area contributed by atoms with Crippen LogP contribution in [0.1, 0.15) is 78.1 Å². The number of thiazole rings is 1. The van der Waals surface area contributed by atoms with E-state index in [0.717, 1.165) is 37.8 Å². The fourth-order valence-electron chi connectivity index (χ4n) is 4.38. The molecule has 37 heavy (non-hydrogen) atoms. The summed E-state index contributed by atoms with van der Waals surface area (Å²) in [5.41, 5.74) is 5.13. The van der Waals surface area contributed by atoms with Crippen LogP contribution in [0.4, 0.5) is 0 Å². The molecule has 1 aromatic carbocycles. The molecule has 1 aliphatic rings. The summed E-state index contributed by atoms with van der Waals surface area (Å²) in [5.74, 6) is 0.514. The van der Waals surface area contributed by atoms with Gasteiger partial charge in [-0.3, -0.25) is 14.5 Å². The molecule has 3 rings (SSSR count). The minimum Gasteiger partial charge on any atom is -0.348 e. The quantitative estimate of drug-likeness (QED) is 0.462. The summed E-state index contributed by atoms with van der Waals surface area (Å²) in [6.45, 7) is 14.6. The van der Waals surface area contributed by atoms with Gasteiger partial charge in [-0.25, -0.2) is 4.98 Å². The van der Waals surface area contributed by atoms with Gasteiger partial charge in [-0.05, 0) is 62.2 Å². The third kappa shape index (κ3) is 9.34. The number of rotatable bonds is 8. The van der Waals surface area contributed by atoms with Crippen molar-refractivity contribution in [2.45, 2.75) is 85.9 Å². The Morgan fingerprint density at radius 2 is 1.84 bits per heavy atom. The third-order valence-electron chi connectivity index (χ3n) is 6.60. The second-order valence-corrected chi connectivity index (χ2v) is 12.3. The zero-order chi connectivity index (χ0) is 27.8. The monoisotopic (exact) mass is 528 g/mol. The lowest BCUT2D eigenvalue weighted by Gasteiger charge is -2.25. The second kappa shape index (κ2) is 13.8. The van der Waals surface area contributed by atoms with E-state index in [1.165, 1.54) is 22.9 Å². The lowest BCUT2D eigenvalue weighted by Crippen LogP contribution is -2.43. The van der Waals surface area contributed by atoms with E-state index >= 15 is 0 Å². The topological polar surface area (TPSA) is 91.4 Å². The highest BCUT2D eigenvalue weighted by Gasteiger charge is 2.29. The van der Waals surface area contributed by atoms with Crippen molar-refractivity contribution in [2.75, 3.05) is 13.6 Å². The van der Waals surface area contributed by atoms with E-state index in [2.05, 4.69) is 58.6 Å². The number of likely N-dealkylation sites (N-methyl/N-ethyl adjacent to an activating group) is 1. The van der Waals surface area contributed by atoms with Gasteiger partial charge in [-0.1, -0.05) is 58.9 Å². The highest BCUT2D eigenvalue weighted by Crippen LogP contribution is 2.30. The number of hydrogen-bond donors (Lipinski definition) is 2. The van der Waals surface area contributed by atoms with Crippen molar-refractivity contribution < 1.29 is 14.4 Å². The molecule has 0 bridgehead atoms. The maximum absolute atomic E-state index is 12.8. The molecule has 2 aromatic rings. The SMILES string of the molecule is CC(=O)NC(C=O)C(C)(C)C.Cc1ncsc1-c1ccc(C(CC(C)C)NC(=O)C2CCCN2C)cc1. The lowest BCUT2D eigenvalue weighted by atomic mass is 9.88. The first-order valence-electron chi connectivity index (χ1n) is 13.1. The number of hydrogen-bond acceptors (Lipinski definition) is 6. The minimum absolute atomic E-state index is 0.0174. The first kappa shape index (κ1) is 30.6. The molecule has 3 atom stereocenters. The van der Waals surface area contributed by atoms with Crippen molar-refractivity contribution in [3.05, 3.63) is 41.0 Å². The van der Waals surface area contributed by atoms with Crippen LogP contribution < -0.4 is 10.6 Å². The number of benzene rings is 1. The molecule has 8 heteroatoms. The summed E-state index contributed by atoms with van der Waals surface area (Å²) in [4.78, 5) is 41.5. The summed E-state index contributed by atoms with van der Waals surface area (Å²) < 4.78 is 0. The zero-order valence-electron chi connectivity index (χ0n) is 23.6. The van der Waals surface area contributed by atoms with Gasteiger partial charge in [-0.15, -0.1) is 11.3 Å². The Balaban J connectivity index is 0.000000371. The molecule has 1 saturated heterocycles. The standard InChI is InChI=1S/C21H29N3OS.C8H15NO2/c1-14(2)12-18(23-21(25)19-6-5-11-24(19)4)16-7-9-17(10-8-16)20-15(3)22-13-26-20;1-6(11)9-7(5-10)8(2,3)4/h7-10,13-14,18-19H,5-6,11-12H2,1-4H3,(H,23,25);5,7H,1-4H3,(H,9,11). The maximum Gasteiger partial charge on any atom is 0.237 e. The molecule has 2 amide bonds. The van der Waals surface area contributed by atoms with Crippen LogP contribution in [0, 0.1) is 18.3 Å². The van der Waals surface area contributed by atoms with Gasteiger partial charge in [0.1, 0.15) is 6.29 Å². The van der Waals surface area contributed by atoms with Gasteiger partial charge in [0.2, 0.25) is 11.8 Å². The van der Waals surface area contributed by atoms with E-state index in [9.17, 15) is 14.4 Å². The number of carbonyl (C=O) groups is 3. The normalized spacial score (nSPS) is 17.5. The number of nitrogens with one attached hydrogen (secondary N) is 2. The van der Waals surface area contributed by atoms with Crippen LogP contribution >= 0.6 is 11.3 Å². The average Bonchev–Trinajstić information content (AvgIpc) is 3.44. The molecule has 2 heterocycles. The van der Waals surface area contributed by atoms with Crippen molar-refractivity contribution in [1.29, 1.82) is 0 Å². The molecule has 2 N–H and O–H groups in total. The molecular formula is C29H44N4O3S. The van der Waals surface area contributed by atoms with Crippen LogP contribution in [0.25, 0.3) is 10.4 Å². The number of amides is 2. The molecule has 204 valence electrons. The zero-order valence-corrected chi connectivity index (χ0v) is 24.4. The van der Waals surface area contributed by atoms with Crippen molar-refractivity contribution in [3.8, 4) is 10.4 Å². The summed E-state index contributed by atoms with van der Waals surface area (Å²) in [7, 11) is 2.04. The third-order valence-corrected chi connectivity index (χ3v) is 7.57. The summed E-state index contributed by atoms with van der Waals surface area (Å²) in [6, 6.07) is 8.30. The predicted octanol–water partition coefficient (Wildman–Crippen LogP) is 5.15. The van der Waals surface area contributed by atoms with Gasteiger partial charge in [0.25, 0.3) is 0 Å². The highest BCUT2D eigenvalue weighted by atomic mass is 32.1. The van der Waals surface area contributed by atoms with Gasteiger partial charge in [0.05, 0.1) is 34.2 Å². The molecule has 0 saturated carbocycles. The fraction of sp³-hybridized carbons (Fsp3) is 0.586. The largest absolute Gasteiger partial charge is 0.348 e. The molecule has 3 unspecified atom stereocenters. The van der Waals surface area contributed by atoms with Gasteiger partial charge in [-0.2, -0.15) is 0 Å². The molecule has 1 aromatic heterocycles. The van der Waals surface area contributed by atoms with Crippen LogP contribution in [0.2, 0.25) is 0 Å². The van der Waals surface area contributed by atoms with E-state index < -0.39 is 0 Å². The average molecular weight is 529 g/mol. The number of aromatic nitrogens is 1. The predicted molar refractivity (Wildman–Crippen MR) is 151 cm³/mol. The Bertz CT molecular complexity index is 1030. The van der Waals surface area contributed by atoms with Crippen LogP contribution in [-0.4, -0.2) is 53.7 Å². The van der Waals surface area contributed by atoms with Crippen LogP contribution in [0.3, 0.4) is 0 Å². The van der Waals surface area contributed by atoms with Gasteiger partial charge in [0, 0.05) is 6.92 Å². The first-order chi connectivity index (χ1) is 17.3. The molecule has 0 aliphatic carbocycles. The Labute approximate surface area is 226 Å². The van der Waals surface area contributed by atoms with Crippen LogP contribution in [-0.2, 0) is 14.4 Å². The summed E-state index contributed by atoms with van der Waals surface area (Å²) in [6.07, 6.45) is 3.77. The Morgan fingerprint density at radius 3 is 2.24 bits per heavy atom. The van der Waals surface area contributed by atoms with E-state index in [1.807, 2.05) is 40.3 Å². The van der Waals surface area contributed by atoms with Crippen LogP contribution in [0.5, 0.6) is 0 Å². The lowest BCUT2D eigenvalue weighted by molar-refractivity contribution is -0.126. The van der Waals surface area contributed by atoms with Gasteiger partial charge < -0.3 is 15.4 Å². The van der Waals surface area contributed by atoms with Crippen molar-refractivity contribution in [2.24, 2.45) is 11.3 Å². The highest BCUT2D eigenvalue weighted by molar-refractivity contribution is 7.13. The minimum atomic E-state index is -0.389. The fourth-order valence-corrected chi connectivity index (χ4v) is 5.19. The first-order valence-corrected chi connectivity index (χ1v) is 13.9. The Hall–Kier alpha value is -2.58. The molecule has 1 aliphatic heterocycles. The van der Waals surface area contributed by atoms with E-state index in [1.54, 1.807) is 11.3 Å². The molecular weight excluding hydrogens is 484 g/mol. The van der Waals surface area contributed by atoms with Crippen LogP contribution in [0.15, 0.2) is 29.8 Å². The molecule has 1 fully saturated rings. The smallest absolute Gasteiger partial charge is 0.237 e. The Kier molecular flexibility index (Phi) is 11.4. The van der Waals surface area contributed by atoms with Crippen molar-refractivity contribution in [3.63, 3.8) is 0 Å². The number of likely N-dealkylation sites (tertiary alicyclic amines) is 1. The second-order valence-electron chi connectivity index (χ2n) is 11.4. The number of aryl methyl sites for hydroxylation is 1. The number of carbonyl (C=O) groups excluding carboxylic acids is 3. The van der Waals surface area contributed by atoms with E-state index in [4.69, 9.17) is 0 Å². The maximum atomic E-state index is 12.8. The molecule has 0 radical (unpaired) electrons. The van der Waals surface area contributed by atoms with Gasteiger partial charge in [0.15, 0.2) is 0 Å². The van der Waals surface area contributed by atoms with Gasteiger partial charge >= 0.3 is 0 Å². The van der Waals surface area contributed by atoms with Crippen molar-refractivity contribution >= 4 is 29.4 Å². The molecule has 0 spiro atoms. The Morgan fingerprint density at radius 1 is 1.19 bits per heavy atom. The summed E-state index contributed by atoms with van der Waals surface area (Å²) in [5, 5.41) is 5.87. The van der Waals surface area contributed by atoms with E-state index in [0.29, 0.717) is 5.92 Å². The molecule has 7 nitrogen and oxygen atoms in total. The van der Waals surface area contributed by atoms with E-state index in [-0.39, 0.29) is 35.4 Å².